The van der Waals surface area contributed by atoms with E-state index in [1.807, 2.05) is 13.8 Å². The van der Waals surface area contributed by atoms with E-state index in [9.17, 15) is 9.18 Å². The highest BCUT2D eigenvalue weighted by Gasteiger charge is 2.17. The standard InChI is InChI=1S/C17H16Cl2FN5O/c1-3-25-10(2)11(7-21-25)17(26)22-16-14(19)9-24(23-16)8-12-13(18)5-4-6-15(12)20/h4-7,9H,3,8H2,1-2H3,(H,22,23,26). The van der Waals surface area contributed by atoms with E-state index >= 15 is 0 Å². The van der Waals surface area contributed by atoms with Gasteiger partial charge in [-0.15, -0.1) is 0 Å². The van der Waals surface area contributed by atoms with Crippen molar-refractivity contribution < 1.29 is 9.18 Å². The maximum absolute atomic E-state index is 13.9. The van der Waals surface area contributed by atoms with Crippen LogP contribution in [-0.2, 0) is 13.1 Å². The predicted octanol–water partition coefficient (Wildman–Crippen LogP) is 4.15. The van der Waals surface area contributed by atoms with Gasteiger partial charge in [-0.05, 0) is 26.0 Å². The average molecular weight is 396 g/mol. The molecule has 1 aromatic carbocycles. The van der Waals surface area contributed by atoms with Gasteiger partial charge < -0.3 is 5.32 Å². The summed E-state index contributed by atoms with van der Waals surface area (Å²) < 4.78 is 17.1. The Hall–Kier alpha value is -2.38. The molecule has 0 saturated heterocycles. The number of amides is 1. The van der Waals surface area contributed by atoms with Gasteiger partial charge in [-0.1, -0.05) is 29.3 Å². The van der Waals surface area contributed by atoms with Crippen LogP contribution in [0.25, 0.3) is 0 Å². The molecule has 0 bridgehead atoms. The van der Waals surface area contributed by atoms with E-state index in [1.54, 1.807) is 10.7 Å². The van der Waals surface area contributed by atoms with Gasteiger partial charge in [-0.2, -0.15) is 10.2 Å². The van der Waals surface area contributed by atoms with Crippen LogP contribution in [0, 0.1) is 12.7 Å². The van der Waals surface area contributed by atoms with Crippen LogP contribution in [0.1, 0.15) is 28.5 Å². The van der Waals surface area contributed by atoms with Crippen molar-refractivity contribution in [1.82, 2.24) is 19.6 Å². The van der Waals surface area contributed by atoms with Crippen molar-refractivity contribution in [1.29, 1.82) is 0 Å². The van der Waals surface area contributed by atoms with Gasteiger partial charge in [0.2, 0.25) is 0 Å². The number of aromatic nitrogens is 4. The molecule has 1 amide bonds. The van der Waals surface area contributed by atoms with Crippen molar-refractivity contribution in [3.05, 3.63) is 63.3 Å². The minimum absolute atomic E-state index is 0.0912. The fraction of sp³-hybridized carbons (Fsp3) is 0.235. The zero-order valence-electron chi connectivity index (χ0n) is 14.1. The summed E-state index contributed by atoms with van der Waals surface area (Å²) in [4.78, 5) is 12.4. The van der Waals surface area contributed by atoms with Crippen molar-refractivity contribution >= 4 is 34.9 Å². The summed E-state index contributed by atoms with van der Waals surface area (Å²) >= 11 is 12.2. The van der Waals surface area contributed by atoms with Crippen LogP contribution in [0.15, 0.2) is 30.6 Å². The SMILES string of the molecule is CCn1ncc(C(=O)Nc2nn(Cc3c(F)cccc3Cl)cc2Cl)c1C. The Morgan fingerprint density at radius 1 is 1.31 bits per heavy atom. The van der Waals surface area contributed by atoms with Gasteiger partial charge in [0.05, 0.1) is 18.3 Å². The van der Waals surface area contributed by atoms with Crippen molar-refractivity contribution in [2.75, 3.05) is 5.32 Å². The van der Waals surface area contributed by atoms with E-state index < -0.39 is 5.82 Å². The lowest BCUT2D eigenvalue weighted by Gasteiger charge is -2.06. The van der Waals surface area contributed by atoms with Crippen LogP contribution in [0.4, 0.5) is 10.2 Å². The Kier molecular flexibility index (Phi) is 5.29. The molecule has 1 N–H and O–H groups in total. The molecule has 0 aliphatic carbocycles. The minimum atomic E-state index is -0.433. The molecule has 0 aliphatic heterocycles. The zero-order chi connectivity index (χ0) is 18.8. The van der Waals surface area contributed by atoms with Gasteiger partial charge in [0, 0.05) is 29.0 Å². The molecule has 3 aromatic rings. The molecule has 3 rings (SSSR count). The number of nitrogens with zero attached hydrogens (tertiary/aromatic N) is 4. The normalized spacial score (nSPS) is 11.0. The first-order valence-electron chi connectivity index (χ1n) is 7.90. The Labute approximate surface area is 159 Å². The number of rotatable bonds is 5. The highest BCUT2D eigenvalue weighted by Crippen LogP contribution is 2.24. The Morgan fingerprint density at radius 3 is 2.73 bits per heavy atom. The van der Waals surface area contributed by atoms with Crippen LogP contribution in [0.3, 0.4) is 0 Å². The number of aryl methyl sites for hydroxylation is 1. The van der Waals surface area contributed by atoms with Crippen LogP contribution < -0.4 is 5.32 Å². The second kappa shape index (κ2) is 7.47. The number of hydrogen-bond acceptors (Lipinski definition) is 3. The zero-order valence-corrected chi connectivity index (χ0v) is 15.6. The summed E-state index contributed by atoms with van der Waals surface area (Å²) in [5.41, 5.74) is 1.49. The van der Waals surface area contributed by atoms with Gasteiger partial charge >= 0.3 is 0 Å². The fourth-order valence-corrected chi connectivity index (χ4v) is 2.99. The Bertz CT molecular complexity index is 946. The minimum Gasteiger partial charge on any atom is -0.304 e. The maximum atomic E-state index is 13.9. The van der Waals surface area contributed by atoms with E-state index in [0.717, 1.165) is 5.69 Å². The van der Waals surface area contributed by atoms with Crippen molar-refractivity contribution in [2.45, 2.75) is 26.9 Å². The third-order valence-corrected chi connectivity index (χ3v) is 4.61. The van der Waals surface area contributed by atoms with E-state index in [-0.39, 0.29) is 23.3 Å². The summed E-state index contributed by atoms with van der Waals surface area (Å²) in [5.74, 6) is -0.608. The summed E-state index contributed by atoms with van der Waals surface area (Å²) in [5, 5.41) is 11.5. The van der Waals surface area contributed by atoms with E-state index in [0.29, 0.717) is 22.7 Å². The van der Waals surface area contributed by atoms with Crippen molar-refractivity contribution in [3.8, 4) is 0 Å². The molecule has 2 aromatic heterocycles. The van der Waals surface area contributed by atoms with Gasteiger partial charge in [-0.25, -0.2) is 4.39 Å². The molecule has 2 heterocycles. The fourth-order valence-electron chi connectivity index (χ4n) is 2.57. The highest BCUT2D eigenvalue weighted by atomic mass is 35.5. The van der Waals surface area contributed by atoms with Gasteiger partial charge in [0.25, 0.3) is 5.91 Å². The molecule has 0 unspecified atom stereocenters. The van der Waals surface area contributed by atoms with E-state index in [2.05, 4.69) is 15.5 Å². The molecule has 0 fully saturated rings. The second-order valence-electron chi connectivity index (χ2n) is 5.64. The molecule has 136 valence electrons. The molecule has 26 heavy (non-hydrogen) atoms. The Balaban J connectivity index is 1.80. The number of halogens is 3. The lowest BCUT2D eigenvalue weighted by Crippen LogP contribution is -2.14. The number of carbonyl (C=O) groups is 1. The average Bonchev–Trinajstić information content (AvgIpc) is 3.13. The molecule has 0 aliphatic rings. The third-order valence-electron chi connectivity index (χ3n) is 3.98. The smallest absolute Gasteiger partial charge is 0.260 e. The first-order chi connectivity index (χ1) is 12.4. The molecule has 0 radical (unpaired) electrons. The van der Waals surface area contributed by atoms with Crippen molar-refractivity contribution in [2.24, 2.45) is 0 Å². The van der Waals surface area contributed by atoms with Gasteiger partial charge in [0.1, 0.15) is 10.8 Å². The van der Waals surface area contributed by atoms with E-state index in [1.165, 1.54) is 29.2 Å². The monoisotopic (exact) mass is 395 g/mol. The summed E-state index contributed by atoms with van der Waals surface area (Å²) in [6.07, 6.45) is 3.00. The lowest BCUT2D eigenvalue weighted by molar-refractivity contribution is 0.102. The second-order valence-corrected chi connectivity index (χ2v) is 6.45. The summed E-state index contributed by atoms with van der Waals surface area (Å²) in [6.45, 7) is 4.51. The molecular weight excluding hydrogens is 380 g/mol. The number of nitrogens with one attached hydrogen (secondary N) is 1. The summed E-state index contributed by atoms with van der Waals surface area (Å²) in [7, 11) is 0. The summed E-state index contributed by atoms with van der Waals surface area (Å²) in [6, 6.07) is 4.45. The molecule has 9 heteroatoms. The third kappa shape index (κ3) is 3.59. The van der Waals surface area contributed by atoms with E-state index in [4.69, 9.17) is 23.2 Å². The predicted molar refractivity (Wildman–Crippen MR) is 98.3 cm³/mol. The van der Waals surface area contributed by atoms with Gasteiger partial charge in [-0.3, -0.25) is 14.2 Å². The number of benzene rings is 1. The Morgan fingerprint density at radius 2 is 2.08 bits per heavy atom. The number of anilines is 1. The molecule has 0 atom stereocenters. The van der Waals surface area contributed by atoms with Crippen LogP contribution in [0.5, 0.6) is 0 Å². The van der Waals surface area contributed by atoms with Crippen LogP contribution >= 0.6 is 23.2 Å². The molecule has 6 nitrogen and oxygen atoms in total. The van der Waals surface area contributed by atoms with Crippen LogP contribution in [-0.4, -0.2) is 25.5 Å². The number of carbonyl (C=O) groups excluding carboxylic acids is 1. The molecular formula is C17H16Cl2FN5O. The largest absolute Gasteiger partial charge is 0.304 e. The van der Waals surface area contributed by atoms with Crippen LogP contribution in [0.2, 0.25) is 10.0 Å². The maximum Gasteiger partial charge on any atom is 0.260 e. The first-order valence-corrected chi connectivity index (χ1v) is 8.66. The molecule has 0 saturated carbocycles. The number of hydrogen-bond donors (Lipinski definition) is 1. The lowest BCUT2D eigenvalue weighted by atomic mass is 10.2. The molecule has 0 spiro atoms. The first kappa shape index (κ1) is 18.4. The quantitative estimate of drug-likeness (QED) is 0.705. The highest BCUT2D eigenvalue weighted by molar-refractivity contribution is 6.33. The van der Waals surface area contributed by atoms with Gasteiger partial charge in [0.15, 0.2) is 5.82 Å². The topological polar surface area (TPSA) is 64.7 Å². The van der Waals surface area contributed by atoms with Crippen molar-refractivity contribution in [3.63, 3.8) is 0 Å².